The molecule has 0 saturated heterocycles. The van der Waals surface area contributed by atoms with Crippen LogP contribution >= 0.6 is 11.6 Å². The number of hydrogen-bond donors (Lipinski definition) is 1. The van der Waals surface area contributed by atoms with Crippen LogP contribution in [0.1, 0.15) is 33.2 Å². The fourth-order valence-electron chi connectivity index (χ4n) is 4.28. The number of carbonyl (C=O) groups excluding carboxylic acids is 2. The Kier molecular flexibility index (Phi) is 4.60. The van der Waals surface area contributed by atoms with Crippen molar-refractivity contribution in [2.75, 3.05) is 12.3 Å². The van der Waals surface area contributed by atoms with Gasteiger partial charge < -0.3 is 10.5 Å². The number of benzene rings is 3. The van der Waals surface area contributed by atoms with Crippen molar-refractivity contribution in [3.63, 3.8) is 0 Å². The number of nitrogens with zero attached hydrogens (tertiary/aromatic N) is 1. The van der Waals surface area contributed by atoms with Crippen molar-refractivity contribution in [2.24, 2.45) is 0 Å². The minimum atomic E-state index is -0.554. The van der Waals surface area contributed by atoms with Crippen LogP contribution in [0.4, 0.5) is 5.69 Å². The summed E-state index contributed by atoms with van der Waals surface area (Å²) < 4.78 is 6.67. The lowest BCUT2D eigenvalue weighted by molar-refractivity contribution is 0.0530. The third-order valence-corrected chi connectivity index (χ3v) is 5.89. The minimum absolute atomic E-state index is 0.0162. The van der Waals surface area contributed by atoms with E-state index < -0.39 is 17.3 Å². The first-order valence-corrected chi connectivity index (χ1v) is 10.4. The molecule has 0 unspecified atom stereocenters. The first-order valence-electron chi connectivity index (χ1n) is 10.0. The van der Waals surface area contributed by atoms with Crippen molar-refractivity contribution in [1.82, 2.24) is 4.40 Å². The summed E-state index contributed by atoms with van der Waals surface area (Å²) >= 11 is 5.96. The van der Waals surface area contributed by atoms with Crippen molar-refractivity contribution in [3.8, 4) is 0 Å². The van der Waals surface area contributed by atoms with Crippen LogP contribution in [-0.4, -0.2) is 22.8 Å². The molecule has 0 saturated carbocycles. The van der Waals surface area contributed by atoms with Crippen LogP contribution in [0.3, 0.4) is 0 Å². The highest BCUT2D eigenvalue weighted by atomic mass is 35.5. The molecule has 2 N–H and O–H groups in total. The number of anilines is 1. The van der Waals surface area contributed by atoms with Gasteiger partial charge in [0.2, 0.25) is 0 Å². The lowest BCUT2D eigenvalue weighted by Crippen LogP contribution is -2.24. The number of ketones is 1. The molecule has 158 valence electrons. The number of nitrogens with two attached hydrogens (primary N) is 1. The van der Waals surface area contributed by atoms with Crippen LogP contribution in [0, 0.1) is 0 Å². The predicted octanol–water partition coefficient (Wildman–Crippen LogP) is 4.69. The molecule has 32 heavy (non-hydrogen) atoms. The van der Waals surface area contributed by atoms with Crippen LogP contribution < -0.4 is 11.3 Å². The molecule has 2 heterocycles. The highest BCUT2D eigenvalue weighted by molar-refractivity contribution is 6.31. The van der Waals surface area contributed by atoms with E-state index in [-0.39, 0.29) is 23.4 Å². The average Bonchev–Trinajstić information content (AvgIpc) is 2.79. The van der Waals surface area contributed by atoms with Gasteiger partial charge in [-0.1, -0.05) is 29.8 Å². The predicted molar refractivity (Wildman–Crippen MR) is 125 cm³/mol. The summed E-state index contributed by atoms with van der Waals surface area (Å²) in [6.07, 6.45) is 1.60. The van der Waals surface area contributed by atoms with E-state index in [1.54, 1.807) is 67.7 Å². The Balaban J connectivity index is 1.97. The van der Waals surface area contributed by atoms with E-state index in [0.717, 1.165) is 0 Å². The van der Waals surface area contributed by atoms with Gasteiger partial charge in [-0.2, -0.15) is 0 Å². The van der Waals surface area contributed by atoms with Gasteiger partial charge in [-0.25, -0.2) is 4.79 Å². The maximum absolute atomic E-state index is 13.5. The molecule has 2 aromatic heterocycles. The zero-order valence-corrected chi connectivity index (χ0v) is 17.8. The topological polar surface area (TPSA) is 90.9 Å². The van der Waals surface area contributed by atoms with E-state index in [2.05, 4.69) is 0 Å². The second-order valence-corrected chi connectivity index (χ2v) is 7.83. The van der Waals surface area contributed by atoms with Gasteiger partial charge in [0.15, 0.2) is 5.78 Å². The number of halogens is 1. The molecule has 0 amide bonds. The van der Waals surface area contributed by atoms with Crippen molar-refractivity contribution in [3.05, 3.63) is 92.9 Å². The van der Waals surface area contributed by atoms with Gasteiger partial charge in [0.25, 0.3) is 5.56 Å². The first-order chi connectivity index (χ1) is 15.4. The largest absolute Gasteiger partial charge is 0.462 e. The second kappa shape index (κ2) is 7.35. The molecule has 5 rings (SSSR count). The summed E-state index contributed by atoms with van der Waals surface area (Å²) in [6.45, 7) is 1.91. The summed E-state index contributed by atoms with van der Waals surface area (Å²) in [5, 5.41) is 2.62. The number of esters is 1. The number of hydrogen-bond acceptors (Lipinski definition) is 5. The molecule has 0 radical (unpaired) electrons. The number of ether oxygens (including phenoxy) is 1. The highest BCUT2D eigenvalue weighted by Crippen LogP contribution is 2.38. The van der Waals surface area contributed by atoms with E-state index in [9.17, 15) is 14.4 Å². The molecular formula is C25H17ClN2O4. The quantitative estimate of drug-likeness (QED) is 0.188. The van der Waals surface area contributed by atoms with Crippen LogP contribution in [0.2, 0.25) is 5.02 Å². The van der Waals surface area contributed by atoms with Crippen LogP contribution in [-0.2, 0) is 4.74 Å². The lowest BCUT2D eigenvalue weighted by Gasteiger charge is -2.18. The fourth-order valence-corrected chi connectivity index (χ4v) is 4.40. The Morgan fingerprint density at radius 3 is 2.31 bits per heavy atom. The summed E-state index contributed by atoms with van der Waals surface area (Å²) in [6, 6.07) is 14.9. The van der Waals surface area contributed by atoms with Crippen LogP contribution in [0.15, 0.2) is 65.6 Å². The van der Waals surface area contributed by atoms with E-state index in [0.29, 0.717) is 37.6 Å². The maximum atomic E-state index is 13.5. The van der Waals surface area contributed by atoms with Crippen molar-refractivity contribution in [2.45, 2.75) is 6.92 Å². The Morgan fingerprint density at radius 2 is 1.62 bits per heavy atom. The van der Waals surface area contributed by atoms with Crippen LogP contribution in [0.5, 0.6) is 0 Å². The maximum Gasteiger partial charge on any atom is 0.340 e. The molecule has 0 spiro atoms. The van der Waals surface area contributed by atoms with Crippen molar-refractivity contribution < 1.29 is 14.3 Å². The van der Waals surface area contributed by atoms with Gasteiger partial charge in [-0.3, -0.25) is 14.0 Å². The summed E-state index contributed by atoms with van der Waals surface area (Å²) in [4.78, 5) is 39.8. The van der Waals surface area contributed by atoms with Gasteiger partial charge in [-0.15, -0.1) is 0 Å². The normalized spacial score (nSPS) is 11.4. The monoisotopic (exact) mass is 444 g/mol. The Morgan fingerprint density at radius 1 is 0.969 bits per heavy atom. The van der Waals surface area contributed by atoms with Gasteiger partial charge in [-0.05, 0) is 43.3 Å². The van der Waals surface area contributed by atoms with Gasteiger partial charge in [0, 0.05) is 38.3 Å². The van der Waals surface area contributed by atoms with E-state index in [1.807, 2.05) is 0 Å². The van der Waals surface area contributed by atoms with Gasteiger partial charge >= 0.3 is 5.97 Å². The molecular weight excluding hydrogens is 428 g/mol. The van der Waals surface area contributed by atoms with Gasteiger partial charge in [0.1, 0.15) is 0 Å². The molecule has 0 bridgehead atoms. The molecule has 0 aliphatic carbocycles. The summed E-state index contributed by atoms with van der Waals surface area (Å²) in [5.74, 6) is -0.981. The molecule has 5 aromatic rings. The molecule has 6 nitrogen and oxygen atoms in total. The highest BCUT2D eigenvalue weighted by Gasteiger charge is 2.26. The third kappa shape index (κ3) is 2.77. The third-order valence-electron chi connectivity index (χ3n) is 5.64. The zero-order chi connectivity index (χ0) is 22.6. The molecule has 0 atom stereocenters. The summed E-state index contributed by atoms with van der Waals surface area (Å²) in [5.41, 5.74) is 7.30. The van der Waals surface area contributed by atoms with E-state index in [1.165, 1.54) is 4.40 Å². The smallest absolute Gasteiger partial charge is 0.340 e. The van der Waals surface area contributed by atoms with Crippen molar-refractivity contribution in [1.29, 1.82) is 0 Å². The standard InChI is InChI=1S/C25H17ClN2O4/c1-2-32-25(31)19-15-5-3-6-16-18(15)22-17(21(19)27)7-4-12-28(22)24(30)20(16)23(29)13-8-10-14(26)11-9-13/h3-12H,2,27H2,1H3. The van der Waals surface area contributed by atoms with Crippen LogP contribution in [0.25, 0.3) is 27.1 Å². The van der Waals surface area contributed by atoms with E-state index >= 15 is 0 Å². The SMILES string of the molecule is CCOC(=O)c1c(N)c2cccn3c(=O)c(C(=O)c4ccc(Cl)cc4)c4cccc1c4c23. The molecule has 0 fully saturated rings. The summed E-state index contributed by atoms with van der Waals surface area (Å²) in [7, 11) is 0. The number of aromatic nitrogens is 1. The van der Waals surface area contributed by atoms with Gasteiger partial charge in [0.05, 0.1) is 28.9 Å². The Hall–Kier alpha value is -3.90. The molecule has 7 heteroatoms. The van der Waals surface area contributed by atoms with Crippen molar-refractivity contribution >= 4 is 56.1 Å². The molecule has 0 aliphatic rings. The number of nitrogen functional groups attached to an aromatic ring is 1. The molecule has 0 aliphatic heterocycles. The zero-order valence-electron chi connectivity index (χ0n) is 17.0. The molecule has 3 aromatic carbocycles. The minimum Gasteiger partial charge on any atom is -0.462 e. The lowest BCUT2D eigenvalue weighted by atomic mass is 9.91. The average molecular weight is 445 g/mol. The first kappa shape index (κ1) is 20.0. The Labute approximate surface area is 187 Å². The Bertz CT molecular complexity index is 1600. The van der Waals surface area contributed by atoms with E-state index in [4.69, 9.17) is 22.1 Å². The fraction of sp³-hybridized carbons (Fsp3) is 0.0800. The second-order valence-electron chi connectivity index (χ2n) is 7.39. The number of rotatable bonds is 4. The number of pyridine rings is 2. The number of carbonyl (C=O) groups is 2.